The van der Waals surface area contributed by atoms with Gasteiger partial charge < -0.3 is 9.47 Å². The van der Waals surface area contributed by atoms with Gasteiger partial charge >= 0.3 is 0 Å². The van der Waals surface area contributed by atoms with Crippen molar-refractivity contribution in [2.45, 2.75) is 0 Å². The standard InChI is InChI=1S/C15H12Cl2O3/c1-19-13-6-3-9(7-14(13)20-2)10-4-5-12(16)11(8-18)15(10)17/h3-8H,1-2H3. The van der Waals surface area contributed by atoms with Crippen LogP contribution in [0.4, 0.5) is 0 Å². The molecule has 0 amide bonds. The van der Waals surface area contributed by atoms with E-state index in [-0.39, 0.29) is 5.56 Å². The van der Waals surface area contributed by atoms with Gasteiger partial charge in [0.1, 0.15) is 0 Å². The zero-order valence-corrected chi connectivity index (χ0v) is 12.5. The maximum Gasteiger partial charge on any atom is 0.161 e. The molecule has 2 aromatic rings. The molecule has 0 atom stereocenters. The summed E-state index contributed by atoms with van der Waals surface area (Å²) in [6.45, 7) is 0. The largest absolute Gasteiger partial charge is 0.493 e. The molecule has 0 N–H and O–H groups in total. The van der Waals surface area contributed by atoms with E-state index in [1.54, 1.807) is 38.5 Å². The highest BCUT2D eigenvalue weighted by atomic mass is 35.5. The maximum atomic E-state index is 11.0. The van der Waals surface area contributed by atoms with Crippen molar-refractivity contribution in [1.29, 1.82) is 0 Å². The Kier molecular flexibility index (Phi) is 4.53. The number of carbonyl (C=O) groups excluding carboxylic acids is 1. The Hall–Kier alpha value is -1.71. The molecular formula is C15H12Cl2O3. The number of benzene rings is 2. The number of hydrogen-bond acceptors (Lipinski definition) is 3. The molecule has 20 heavy (non-hydrogen) atoms. The van der Waals surface area contributed by atoms with Gasteiger partial charge in [-0.3, -0.25) is 4.79 Å². The van der Waals surface area contributed by atoms with Gasteiger partial charge in [0, 0.05) is 5.56 Å². The molecule has 2 rings (SSSR count). The first-order valence-electron chi connectivity index (χ1n) is 5.78. The van der Waals surface area contributed by atoms with Gasteiger partial charge in [-0.2, -0.15) is 0 Å². The van der Waals surface area contributed by atoms with Crippen LogP contribution in [0.5, 0.6) is 11.5 Å². The number of ether oxygens (including phenoxy) is 2. The lowest BCUT2D eigenvalue weighted by Crippen LogP contribution is -1.92. The van der Waals surface area contributed by atoms with Crippen molar-refractivity contribution in [3.63, 3.8) is 0 Å². The molecule has 0 saturated carbocycles. The van der Waals surface area contributed by atoms with Gasteiger partial charge in [-0.15, -0.1) is 0 Å². The molecule has 0 unspecified atom stereocenters. The highest BCUT2D eigenvalue weighted by Gasteiger charge is 2.13. The van der Waals surface area contributed by atoms with Gasteiger partial charge in [0.05, 0.1) is 29.8 Å². The fourth-order valence-electron chi connectivity index (χ4n) is 1.90. The van der Waals surface area contributed by atoms with Crippen LogP contribution in [0.2, 0.25) is 10.0 Å². The minimum absolute atomic E-state index is 0.278. The molecule has 0 bridgehead atoms. The Bertz CT molecular complexity index is 654. The molecule has 0 heterocycles. The van der Waals surface area contributed by atoms with Crippen molar-refractivity contribution < 1.29 is 14.3 Å². The lowest BCUT2D eigenvalue weighted by molar-refractivity contribution is 0.112. The molecule has 104 valence electrons. The van der Waals surface area contributed by atoms with E-state index in [9.17, 15) is 4.79 Å². The van der Waals surface area contributed by atoms with Crippen molar-refractivity contribution >= 4 is 29.5 Å². The third-order valence-corrected chi connectivity index (χ3v) is 3.68. The first-order valence-corrected chi connectivity index (χ1v) is 6.53. The van der Waals surface area contributed by atoms with E-state index in [4.69, 9.17) is 32.7 Å². The average molecular weight is 311 g/mol. The predicted molar refractivity (Wildman–Crippen MR) is 80.4 cm³/mol. The molecule has 0 aromatic heterocycles. The normalized spacial score (nSPS) is 10.2. The van der Waals surface area contributed by atoms with Crippen molar-refractivity contribution in [3.05, 3.63) is 45.9 Å². The van der Waals surface area contributed by atoms with Crippen LogP contribution < -0.4 is 9.47 Å². The summed E-state index contributed by atoms with van der Waals surface area (Å²) in [5.41, 5.74) is 1.80. The lowest BCUT2D eigenvalue weighted by Gasteiger charge is -2.12. The van der Waals surface area contributed by atoms with Gasteiger partial charge in [-0.1, -0.05) is 35.3 Å². The lowest BCUT2D eigenvalue weighted by atomic mass is 10.0. The highest BCUT2D eigenvalue weighted by molar-refractivity contribution is 6.40. The van der Waals surface area contributed by atoms with E-state index in [0.29, 0.717) is 33.4 Å². The number of hydrogen-bond donors (Lipinski definition) is 0. The third kappa shape index (κ3) is 2.60. The van der Waals surface area contributed by atoms with Gasteiger partial charge in [0.2, 0.25) is 0 Å². The summed E-state index contributed by atoms with van der Waals surface area (Å²) in [5, 5.41) is 0.647. The summed E-state index contributed by atoms with van der Waals surface area (Å²) in [6.07, 6.45) is 0.648. The van der Waals surface area contributed by atoms with E-state index in [0.717, 1.165) is 5.56 Å². The Morgan fingerprint density at radius 3 is 2.30 bits per heavy atom. The van der Waals surface area contributed by atoms with Gasteiger partial charge in [-0.05, 0) is 23.8 Å². The number of aldehydes is 1. The van der Waals surface area contributed by atoms with Crippen LogP contribution in [-0.4, -0.2) is 20.5 Å². The summed E-state index contributed by atoms with van der Waals surface area (Å²) in [6, 6.07) is 8.81. The van der Waals surface area contributed by atoms with Crippen LogP contribution in [0.15, 0.2) is 30.3 Å². The summed E-state index contributed by atoms with van der Waals surface area (Å²) in [4.78, 5) is 11.0. The van der Waals surface area contributed by atoms with Crippen LogP contribution in [-0.2, 0) is 0 Å². The first kappa shape index (κ1) is 14.7. The third-order valence-electron chi connectivity index (χ3n) is 2.94. The molecule has 5 heteroatoms. The molecule has 0 spiro atoms. The smallest absolute Gasteiger partial charge is 0.161 e. The van der Waals surface area contributed by atoms with E-state index in [2.05, 4.69) is 0 Å². The second-order valence-corrected chi connectivity index (χ2v) is 4.80. The highest BCUT2D eigenvalue weighted by Crippen LogP contribution is 2.37. The van der Waals surface area contributed by atoms with Gasteiger partial charge in [-0.25, -0.2) is 0 Å². The van der Waals surface area contributed by atoms with Gasteiger partial charge in [0.15, 0.2) is 17.8 Å². The molecule has 0 radical (unpaired) electrons. The summed E-state index contributed by atoms with van der Waals surface area (Å²) >= 11 is 12.2. The predicted octanol–water partition coefficient (Wildman–Crippen LogP) is 4.49. The Balaban J connectivity index is 2.60. The number of halogens is 2. The fraction of sp³-hybridized carbons (Fsp3) is 0.133. The van der Waals surface area contributed by atoms with Crippen molar-refractivity contribution in [1.82, 2.24) is 0 Å². The van der Waals surface area contributed by atoms with E-state index in [1.165, 1.54) is 0 Å². The molecule has 0 aliphatic rings. The minimum Gasteiger partial charge on any atom is -0.493 e. The number of methoxy groups -OCH3 is 2. The Morgan fingerprint density at radius 1 is 1.00 bits per heavy atom. The SMILES string of the molecule is COc1ccc(-c2ccc(Cl)c(C=O)c2Cl)cc1OC. The average Bonchev–Trinajstić information content (AvgIpc) is 2.47. The second kappa shape index (κ2) is 6.16. The molecule has 0 aliphatic carbocycles. The summed E-state index contributed by atoms with van der Waals surface area (Å²) < 4.78 is 10.4. The van der Waals surface area contributed by atoms with Crippen LogP contribution in [0, 0.1) is 0 Å². The van der Waals surface area contributed by atoms with E-state index >= 15 is 0 Å². The second-order valence-electron chi connectivity index (χ2n) is 4.01. The van der Waals surface area contributed by atoms with Crippen molar-refractivity contribution in [3.8, 4) is 22.6 Å². The van der Waals surface area contributed by atoms with Crippen LogP contribution >= 0.6 is 23.2 Å². The zero-order valence-electron chi connectivity index (χ0n) is 10.9. The molecular weight excluding hydrogens is 299 g/mol. The maximum absolute atomic E-state index is 11.0. The van der Waals surface area contributed by atoms with Crippen LogP contribution in [0.3, 0.4) is 0 Å². The minimum atomic E-state index is 0.278. The molecule has 2 aromatic carbocycles. The van der Waals surface area contributed by atoms with Crippen LogP contribution in [0.25, 0.3) is 11.1 Å². The molecule has 0 aliphatic heterocycles. The Morgan fingerprint density at radius 2 is 1.70 bits per heavy atom. The molecule has 0 fully saturated rings. The summed E-state index contributed by atoms with van der Waals surface area (Å²) in [7, 11) is 3.12. The van der Waals surface area contributed by atoms with Crippen molar-refractivity contribution in [2.75, 3.05) is 14.2 Å². The monoisotopic (exact) mass is 310 g/mol. The zero-order chi connectivity index (χ0) is 14.7. The summed E-state index contributed by atoms with van der Waals surface area (Å²) in [5.74, 6) is 1.21. The first-order chi connectivity index (χ1) is 9.62. The van der Waals surface area contributed by atoms with E-state index < -0.39 is 0 Å². The topological polar surface area (TPSA) is 35.5 Å². The fourth-order valence-corrected chi connectivity index (χ4v) is 2.47. The molecule has 3 nitrogen and oxygen atoms in total. The van der Waals surface area contributed by atoms with Gasteiger partial charge in [0.25, 0.3) is 0 Å². The number of carbonyl (C=O) groups is 1. The van der Waals surface area contributed by atoms with Crippen LogP contribution in [0.1, 0.15) is 10.4 Å². The Labute approximate surface area is 127 Å². The number of rotatable bonds is 4. The quantitative estimate of drug-likeness (QED) is 0.780. The molecule has 0 saturated heterocycles. The van der Waals surface area contributed by atoms with Crippen molar-refractivity contribution in [2.24, 2.45) is 0 Å². The van der Waals surface area contributed by atoms with E-state index in [1.807, 2.05) is 6.07 Å².